The summed E-state index contributed by atoms with van der Waals surface area (Å²) in [5.41, 5.74) is 0.907. The Hall–Kier alpha value is -1.12. The molecule has 8 heteroatoms. The molecule has 0 unspecified atom stereocenters. The zero-order valence-electron chi connectivity index (χ0n) is 10.3. The monoisotopic (exact) mass is 296 g/mol. The number of hydrogen-bond acceptors (Lipinski definition) is 3. The van der Waals surface area contributed by atoms with Gasteiger partial charge in [0.05, 0.1) is 4.90 Å². The van der Waals surface area contributed by atoms with Crippen LogP contribution in [0.2, 0.25) is 0 Å². The molecular formula is C11H15F3N2O2S. The fourth-order valence-electron chi connectivity index (χ4n) is 1.36. The van der Waals surface area contributed by atoms with Crippen LogP contribution in [0, 0.1) is 0 Å². The van der Waals surface area contributed by atoms with Gasteiger partial charge < -0.3 is 5.32 Å². The summed E-state index contributed by atoms with van der Waals surface area (Å²) < 4.78 is 60.6. The van der Waals surface area contributed by atoms with E-state index in [4.69, 9.17) is 0 Å². The second-order valence-electron chi connectivity index (χ2n) is 3.94. The van der Waals surface area contributed by atoms with Crippen molar-refractivity contribution in [3.8, 4) is 0 Å². The van der Waals surface area contributed by atoms with Gasteiger partial charge in [0, 0.05) is 0 Å². The van der Waals surface area contributed by atoms with Gasteiger partial charge in [0.2, 0.25) is 10.0 Å². The molecule has 0 aliphatic heterocycles. The van der Waals surface area contributed by atoms with E-state index in [2.05, 4.69) is 5.32 Å². The molecule has 2 N–H and O–H groups in total. The summed E-state index contributed by atoms with van der Waals surface area (Å²) in [5, 5.41) is 2.94. The van der Waals surface area contributed by atoms with Gasteiger partial charge in [-0.25, -0.2) is 13.1 Å². The van der Waals surface area contributed by atoms with Crippen LogP contribution in [0.25, 0.3) is 0 Å². The number of benzene rings is 1. The smallest absolute Gasteiger partial charge is 0.319 e. The standard InChI is InChI=1S/C11H15F3N2O2S/c1-15-7-6-9-2-4-10(5-3-9)19(17,18)16-8-11(12,13)14/h2-5,15-16H,6-8H2,1H3. The van der Waals surface area contributed by atoms with Crippen LogP contribution in [-0.2, 0) is 16.4 Å². The molecule has 0 bridgehead atoms. The predicted octanol–water partition coefficient (Wildman–Crippen LogP) is 1.29. The van der Waals surface area contributed by atoms with Crippen LogP contribution in [0.3, 0.4) is 0 Å². The molecule has 0 radical (unpaired) electrons. The summed E-state index contributed by atoms with van der Waals surface area (Å²) in [4.78, 5) is -0.176. The van der Waals surface area contributed by atoms with Crippen molar-refractivity contribution in [1.29, 1.82) is 0 Å². The lowest BCUT2D eigenvalue weighted by Gasteiger charge is -2.09. The molecule has 0 saturated carbocycles. The van der Waals surface area contributed by atoms with E-state index in [0.717, 1.165) is 12.1 Å². The van der Waals surface area contributed by atoms with Gasteiger partial charge >= 0.3 is 6.18 Å². The predicted molar refractivity (Wildman–Crippen MR) is 65.3 cm³/mol. The van der Waals surface area contributed by atoms with Crippen molar-refractivity contribution in [3.63, 3.8) is 0 Å². The third-order valence-corrected chi connectivity index (χ3v) is 3.78. The van der Waals surface area contributed by atoms with Crippen LogP contribution in [0.4, 0.5) is 13.2 Å². The van der Waals surface area contributed by atoms with E-state index in [1.165, 1.54) is 16.9 Å². The van der Waals surface area contributed by atoms with Crippen LogP contribution in [0.1, 0.15) is 5.56 Å². The largest absolute Gasteiger partial charge is 0.402 e. The Balaban J connectivity index is 2.73. The van der Waals surface area contributed by atoms with E-state index in [9.17, 15) is 21.6 Å². The summed E-state index contributed by atoms with van der Waals surface area (Å²) >= 11 is 0. The Labute approximate surface area is 110 Å². The highest BCUT2D eigenvalue weighted by Gasteiger charge is 2.29. The molecule has 1 rings (SSSR count). The summed E-state index contributed by atoms with van der Waals surface area (Å²) in [5.74, 6) is 0. The van der Waals surface area contributed by atoms with Crippen molar-refractivity contribution in [2.45, 2.75) is 17.5 Å². The molecule has 108 valence electrons. The Morgan fingerprint density at radius 1 is 1.16 bits per heavy atom. The Morgan fingerprint density at radius 2 is 1.74 bits per heavy atom. The fourth-order valence-corrected chi connectivity index (χ4v) is 2.38. The molecule has 0 amide bonds. The summed E-state index contributed by atoms with van der Waals surface area (Å²) in [6.45, 7) is -0.838. The fraction of sp³-hybridized carbons (Fsp3) is 0.455. The van der Waals surface area contributed by atoms with Crippen molar-refractivity contribution in [2.24, 2.45) is 0 Å². The topological polar surface area (TPSA) is 58.2 Å². The first-order valence-corrected chi connectivity index (χ1v) is 7.03. The van der Waals surface area contributed by atoms with Crippen molar-refractivity contribution >= 4 is 10.0 Å². The third-order valence-electron chi connectivity index (χ3n) is 2.36. The summed E-state index contributed by atoms with van der Waals surface area (Å²) in [6.07, 6.45) is -3.85. The zero-order chi connectivity index (χ0) is 14.5. The van der Waals surface area contributed by atoms with Crippen LogP contribution < -0.4 is 10.0 Å². The second kappa shape index (κ2) is 6.36. The van der Waals surface area contributed by atoms with E-state index >= 15 is 0 Å². The number of rotatable bonds is 6. The van der Waals surface area contributed by atoms with Gasteiger partial charge in [0.25, 0.3) is 0 Å². The molecule has 0 aliphatic rings. The lowest BCUT2D eigenvalue weighted by atomic mass is 10.1. The Kier molecular flexibility index (Phi) is 5.33. The van der Waals surface area contributed by atoms with Crippen LogP contribution >= 0.6 is 0 Å². The number of likely N-dealkylation sites (N-methyl/N-ethyl adjacent to an activating group) is 1. The highest BCUT2D eigenvalue weighted by Crippen LogP contribution is 2.15. The molecule has 4 nitrogen and oxygen atoms in total. The maximum absolute atomic E-state index is 12.0. The molecule has 0 spiro atoms. The minimum absolute atomic E-state index is 0.176. The van der Waals surface area contributed by atoms with Crippen molar-refractivity contribution in [3.05, 3.63) is 29.8 Å². The summed E-state index contributed by atoms with van der Waals surface area (Å²) in [6, 6.07) is 5.76. The SMILES string of the molecule is CNCCc1ccc(S(=O)(=O)NCC(F)(F)F)cc1. The van der Waals surface area contributed by atoms with Crippen LogP contribution in [0.5, 0.6) is 0 Å². The van der Waals surface area contributed by atoms with Gasteiger partial charge in [-0.05, 0) is 37.7 Å². The van der Waals surface area contributed by atoms with Crippen LogP contribution in [0.15, 0.2) is 29.2 Å². The number of nitrogens with one attached hydrogen (secondary N) is 2. The van der Waals surface area contributed by atoms with Crippen molar-refractivity contribution < 1.29 is 21.6 Å². The van der Waals surface area contributed by atoms with Gasteiger partial charge in [0.15, 0.2) is 0 Å². The van der Waals surface area contributed by atoms with E-state index in [0.29, 0.717) is 6.42 Å². The minimum Gasteiger partial charge on any atom is -0.319 e. The molecule has 0 heterocycles. The van der Waals surface area contributed by atoms with Gasteiger partial charge in [-0.15, -0.1) is 0 Å². The van der Waals surface area contributed by atoms with Gasteiger partial charge in [0.1, 0.15) is 6.54 Å². The molecule has 1 aromatic carbocycles. The van der Waals surface area contributed by atoms with Gasteiger partial charge in [-0.1, -0.05) is 12.1 Å². The molecule has 0 saturated heterocycles. The lowest BCUT2D eigenvalue weighted by Crippen LogP contribution is -2.33. The van der Waals surface area contributed by atoms with E-state index in [1.807, 2.05) is 0 Å². The van der Waals surface area contributed by atoms with E-state index in [1.54, 1.807) is 19.2 Å². The summed E-state index contributed by atoms with van der Waals surface area (Å²) in [7, 11) is -2.32. The molecular weight excluding hydrogens is 281 g/mol. The first-order chi connectivity index (χ1) is 8.74. The average molecular weight is 296 g/mol. The first-order valence-electron chi connectivity index (χ1n) is 5.54. The Morgan fingerprint density at radius 3 is 2.21 bits per heavy atom. The number of alkyl halides is 3. The highest BCUT2D eigenvalue weighted by atomic mass is 32.2. The average Bonchev–Trinajstić information content (AvgIpc) is 2.34. The van der Waals surface area contributed by atoms with Crippen molar-refractivity contribution in [2.75, 3.05) is 20.1 Å². The normalized spacial score (nSPS) is 12.6. The molecule has 19 heavy (non-hydrogen) atoms. The van der Waals surface area contributed by atoms with Crippen LogP contribution in [-0.4, -0.2) is 34.7 Å². The molecule has 0 fully saturated rings. The lowest BCUT2D eigenvalue weighted by molar-refractivity contribution is -0.121. The second-order valence-corrected chi connectivity index (χ2v) is 5.70. The van der Waals surface area contributed by atoms with E-state index < -0.39 is 22.7 Å². The molecule has 1 aromatic rings. The minimum atomic E-state index is -4.57. The molecule has 0 aromatic heterocycles. The third kappa shape index (κ3) is 5.58. The maximum Gasteiger partial charge on any atom is 0.402 e. The zero-order valence-corrected chi connectivity index (χ0v) is 11.1. The Bertz CT molecular complexity index is 498. The highest BCUT2D eigenvalue weighted by molar-refractivity contribution is 7.89. The molecule has 0 aliphatic carbocycles. The number of halogens is 3. The van der Waals surface area contributed by atoms with E-state index in [-0.39, 0.29) is 4.90 Å². The molecule has 0 atom stereocenters. The number of sulfonamides is 1. The quantitative estimate of drug-likeness (QED) is 0.831. The maximum atomic E-state index is 12.0. The van der Waals surface area contributed by atoms with Gasteiger partial charge in [-0.3, -0.25) is 0 Å². The van der Waals surface area contributed by atoms with Gasteiger partial charge in [-0.2, -0.15) is 13.2 Å². The van der Waals surface area contributed by atoms with Crippen molar-refractivity contribution in [1.82, 2.24) is 10.0 Å². The first kappa shape index (κ1) is 15.9. The number of hydrogen-bond donors (Lipinski definition) is 2.